The van der Waals surface area contributed by atoms with Crippen LogP contribution < -0.4 is 16.0 Å². The summed E-state index contributed by atoms with van der Waals surface area (Å²) in [4.78, 5) is 35.5. The molecule has 1 atom stereocenters. The fraction of sp³-hybridized carbons (Fsp3) is 0.312. The van der Waals surface area contributed by atoms with Crippen molar-refractivity contribution in [2.45, 2.75) is 18.4 Å². The highest BCUT2D eigenvalue weighted by Gasteiger charge is 2.56. The molecule has 2 aliphatic rings. The summed E-state index contributed by atoms with van der Waals surface area (Å²) in [5.41, 5.74) is -1.03. The number of benzene rings is 1. The second-order valence-electron chi connectivity index (χ2n) is 6.10. The highest BCUT2D eigenvalue weighted by molar-refractivity contribution is 6.36. The van der Waals surface area contributed by atoms with E-state index in [0.717, 1.165) is 25.0 Å². The second-order valence-corrected chi connectivity index (χ2v) is 6.10. The Morgan fingerprint density at radius 1 is 1.27 bits per heavy atom. The summed E-state index contributed by atoms with van der Waals surface area (Å²) in [5.74, 6) is -3.37. The Labute approximate surface area is 147 Å². The van der Waals surface area contributed by atoms with Crippen molar-refractivity contribution in [3.63, 3.8) is 0 Å². The number of urea groups is 1. The van der Waals surface area contributed by atoms with E-state index >= 15 is 0 Å². The molecule has 1 aromatic carbocycles. The molecule has 4 amide bonds. The van der Waals surface area contributed by atoms with Crippen LogP contribution in [0, 0.1) is 22.6 Å². The summed E-state index contributed by atoms with van der Waals surface area (Å²) >= 11 is 0. The number of amides is 4. The van der Waals surface area contributed by atoms with Crippen molar-refractivity contribution < 1.29 is 23.5 Å². The maximum Gasteiger partial charge on any atom is 0.322 e. The Morgan fingerprint density at radius 3 is 2.46 bits per heavy atom. The van der Waals surface area contributed by atoms with Crippen LogP contribution in [0.5, 0.6) is 0 Å². The predicted octanol–water partition coefficient (Wildman–Crippen LogP) is 0.249. The molecule has 10 heteroatoms. The quantitative estimate of drug-likeness (QED) is 0.297. The third-order valence-corrected chi connectivity index (χ3v) is 4.29. The van der Waals surface area contributed by atoms with E-state index in [1.807, 2.05) is 0 Å². The molecule has 1 aliphatic heterocycles. The monoisotopic (exact) mass is 361 g/mol. The average Bonchev–Trinajstić information content (AvgIpc) is 3.39. The van der Waals surface area contributed by atoms with Crippen LogP contribution in [0.2, 0.25) is 0 Å². The van der Waals surface area contributed by atoms with Crippen LogP contribution in [0.15, 0.2) is 24.3 Å². The third-order valence-electron chi connectivity index (χ3n) is 4.29. The number of rotatable bonds is 4. The maximum absolute atomic E-state index is 12.9. The van der Waals surface area contributed by atoms with E-state index in [1.165, 1.54) is 12.1 Å². The SMILES string of the molecule is N=C(OC(=N)c1ccc(F)cc1)C(=O)NC[C@@]1(C2CC2)NC(=O)NC1=O. The van der Waals surface area contributed by atoms with Gasteiger partial charge in [0.25, 0.3) is 11.8 Å². The van der Waals surface area contributed by atoms with Gasteiger partial charge in [-0.1, -0.05) is 0 Å². The van der Waals surface area contributed by atoms with Crippen molar-refractivity contribution in [2.24, 2.45) is 5.92 Å². The fourth-order valence-electron chi connectivity index (χ4n) is 2.75. The minimum absolute atomic E-state index is 0.0816. The molecule has 3 rings (SSSR count). The predicted molar refractivity (Wildman–Crippen MR) is 87.2 cm³/mol. The molecule has 1 saturated carbocycles. The Balaban J connectivity index is 1.58. The highest BCUT2D eigenvalue weighted by Crippen LogP contribution is 2.40. The van der Waals surface area contributed by atoms with Crippen molar-refractivity contribution in [2.75, 3.05) is 6.54 Å². The van der Waals surface area contributed by atoms with Gasteiger partial charge in [0.05, 0.1) is 6.54 Å². The molecule has 0 spiro atoms. The van der Waals surface area contributed by atoms with Crippen LogP contribution in [0.25, 0.3) is 0 Å². The summed E-state index contributed by atoms with van der Waals surface area (Å²) < 4.78 is 17.7. The molecule has 26 heavy (non-hydrogen) atoms. The average molecular weight is 361 g/mol. The molecule has 1 heterocycles. The van der Waals surface area contributed by atoms with Crippen LogP contribution in [-0.2, 0) is 14.3 Å². The number of halogens is 1. The van der Waals surface area contributed by atoms with Crippen molar-refractivity contribution >= 4 is 29.6 Å². The van der Waals surface area contributed by atoms with Gasteiger partial charge in [-0.3, -0.25) is 25.7 Å². The van der Waals surface area contributed by atoms with Gasteiger partial charge in [-0.15, -0.1) is 0 Å². The molecule has 0 bridgehead atoms. The van der Waals surface area contributed by atoms with Crippen LogP contribution in [-0.4, -0.2) is 41.7 Å². The van der Waals surface area contributed by atoms with Gasteiger partial charge in [-0.05, 0) is 43.0 Å². The first kappa shape index (κ1) is 17.5. The van der Waals surface area contributed by atoms with E-state index in [2.05, 4.69) is 16.0 Å². The van der Waals surface area contributed by atoms with Gasteiger partial charge >= 0.3 is 11.9 Å². The third kappa shape index (κ3) is 3.39. The second kappa shape index (κ2) is 6.54. The lowest BCUT2D eigenvalue weighted by Crippen LogP contribution is -2.57. The molecule has 5 N–H and O–H groups in total. The van der Waals surface area contributed by atoms with Gasteiger partial charge < -0.3 is 15.4 Å². The topological polar surface area (TPSA) is 144 Å². The number of hydrogen-bond acceptors (Lipinski definition) is 6. The summed E-state index contributed by atoms with van der Waals surface area (Å²) in [5, 5.41) is 22.4. The fourth-order valence-corrected chi connectivity index (χ4v) is 2.75. The van der Waals surface area contributed by atoms with Crippen LogP contribution >= 0.6 is 0 Å². The number of ether oxygens (including phenoxy) is 1. The first-order valence-electron chi connectivity index (χ1n) is 7.84. The number of hydrogen-bond donors (Lipinski definition) is 5. The largest absolute Gasteiger partial charge is 0.416 e. The van der Waals surface area contributed by atoms with E-state index in [4.69, 9.17) is 15.6 Å². The minimum Gasteiger partial charge on any atom is -0.416 e. The molecular weight excluding hydrogens is 345 g/mol. The van der Waals surface area contributed by atoms with Gasteiger partial charge in [0.2, 0.25) is 5.90 Å². The molecule has 136 valence electrons. The van der Waals surface area contributed by atoms with E-state index < -0.39 is 41.0 Å². The first-order chi connectivity index (χ1) is 12.3. The molecule has 1 aromatic rings. The zero-order valence-electron chi connectivity index (χ0n) is 13.5. The molecule has 0 radical (unpaired) electrons. The van der Waals surface area contributed by atoms with Crippen molar-refractivity contribution in [3.8, 4) is 0 Å². The molecule has 0 unspecified atom stereocenters. The van der Waals surface area contributed by atoms with Crippen LogP contribution in [0.3, 0.4) is 0 Å². The Kier molecular flexibility index (Phi) is 4.41. The lowest BCUT2D eigenvalue weighted by atomic mass is 9.93. The maximum atomic E-state index is 12.9. The van der Waals surface area contributed by atoms with Crippen molar-refractivity contribution in [1.29, 1.82) is 10.8 Å². The first-order valence-corrected chi connectivity index (χ1v) is 7.84. The lowest BCUT2D eigenvalue weighted by Gasteiger charge is -2.26. The van der Waals surface area contributed by atoms with Gasteiger partial charge in [-0.25, -0.2) is 9.18 Å². The van der Waals surface area contributed by atoms with E-state index in [9.17, 15) is 18.8 Å². The molecule has 2 fully saturated rings. The van der Waals surface area contributed by atoms with Gasteiger partial charge in [-0.2, -0.15) is 0 Å². The van der Waals surface area contributed by atoms with Crippen LogP contribution in [0.4, 0.5) is 9.18 Å². The van der Waals surface area contributed by atoms with Gasteiger partial charge in [0.15, 0.2) is 0 Å². The lowest BCUT2D eigenvalue weighted by molar-refractivity contribution is -0.125. The molecule has 0 aromatic heterocycles. The summed E-state index contributed by atoms with van der Waals surface area (Å²) in [7, 11) is 0. The Bertz CT molecular complexity index is 805. The minimum atomic E-state index is -1.22. The molecular formula is C16H16FN5O4. The smallest absolute Gasteiger partial charge is 0.322 e. The van der Waals surface area contributed by atoms with Crippen molar-refractivity contribution in [1.82, 2.24) is 16.0 Å². The summed E-state index contributed by atoms with van der Waals surface area (Å²) in [6.45, 7) is -0.191. The van der Waals surface area contributed by atoms with E-state index in [0.29, 0.717) is 0 Å². The van der Waals surface area contributed by atoms with E-state index in [1.54, 1.807) is 0 Å². The van der Waals surface area contributed by atoms with Gasteiger partial charge in [0.1, 0.15) is 11.4 Å². The van der Waals surface area contributed by atoms with Crippen LogP contribution in [0.1, 0.15) is 18.4 Å². The molecule has 1 aliphatic carbocycles. The number of imide groups is 1. The molecule has 1 saturated heterocycles. The highest BCUT2D eigenvalue weighted by atomic mass is 19.1. The Hall–Kier alpha value is -3.30. The molecule has 9 nitrogen and oxygen atoms in total. The standard InChI is InChI=1S/C16H16FN5O4/c17-10-5-1-8(2-6-10)11(18)26-12(19)13(23)20-7-16(9-3-4-9)14(24)21-15(25)22-16/h1-2,5-6,9,18-19H,3-4,7H2,(H,20,23)(H2,21,22,24,25)/t16-/m0/s1. The number of nitrogens with one attached hydrogen (secondary N) is 5. The Morgan fingerprint density at radius 2 is 1.92 bits per heavy atom. The number of carbonyl (C=O) groups excluding carboxylic acids is 3. The zero-order valence-corrected chi connectivity index (χ0v) is 13.5. The van der Waals surface area contributed by atoms with Gasteiger partial charge in [0, 0.05) is 5.56 Å². The summed E-state index contributed by atoms with van der Waals surface area (Å²) in [6, 6.07) is 4.18. The normalized spacial score (nSPS) is 21.6. The van der Waals surface area contributed by atoms with Crippen molar-refractivity contribution in [3.05, 3.63) is 35.6 Å². The summed E-state index contributed by atoms with van der Waals surface area (Å²) in [6.07, 6.45) is 1.49. The van der Waals surface area contributed by atoms with E-state index in [-0.39, 0.29) is 18.0 Å². The number of carbonyl (C=O) groups is 3. The zero-order chi connectivity index (χ0) is 18.9.